The van der Waals surface area contributed by atoms with Gasteiger partial charge in [-0.2, -0.15) is 0 Å². The van der Waals surface area contributed by atoms with E-state index in [9.17, 15) is 4.79 Å². The van der Waals surface area contributed by atoms with Crippen molar-refractivity contribution in [3.8, 4) is 0 Å². The number of carbonyl (C=O) groups is 1. The van der Waals surface area contributed by atoms with Crippen molar-refractivity contribution in [2.24, 2.45) is 5.73 Å². The Labute approximate surface area is 118 Å². The Kier molecular flexibility index (Phi) is 4.35. The van der Waals surface area contributed by atoms with E-state index in [1.807, 2.05) is 49.4 Å². The van der Waals surface area contributed by atoms with Gasteiger partial charge in [0.1, 0.15) is 0 Å². The van der Waals surface area contributed by atoms with Crippen molar-refractivity contribution in [2.75, 3.05) is 0 Å². The fourth-order valence-corrected chi connectivity index (χ4v) is 2.20. The Morgan fingerprint density at radius 3 is 2.42 bits per heavy atom. The smallest absolute Gasteiger partial charge is 0.167 e. The summed E-state index contributed by atoms with van der Waals surface area (Å²) in [7, 11) is 0. The molecule has 0 aliphatic carbocycles. The molecule has 0 heterocycles. The summed E-state index contributed by atoms with van der Waals surface area (Å²) in [4.78, 5) is 12.2. The van der Waals surface area contributed by atoms with Crippen molar-refractivity contribution in [1.29, 1.82) is 0 Å². The molecule has 0 atom stereocenters. The maximum atomic E-state index is 12.2. The van der Waals surface area contributed by atoms with E-state index in [1.54, 1.807) is 0 Å². The van der Waals surface area contributed by atoms with E-state index in [0.717, 1.165) is 16.7 Å². The summed E-state index contributed by atoms with van der Waals surface area (Å²) in [5, 5.41) is 0.645. The van der Waals surface area contributed by atoms with E-state index in [2.05, 4.69) is 0 Å². The highest BCUT2D eigenvalue weighted by atomic mass is 35.5. The first kappa shape index (κ1) is 13.8. The highest BCUT2D eigenvalue weighted by molar-refractivity contribution is 6.31. The van der Waals surface area contributed by atoms with Crippen LogP contribution >= 0.6 is 11.6 Å². The minimum atomic E-state index is 0.0642. The van der Waals surface area contributed by atoms with Gasteiger partial charge in [-0.15, -0.1) is 0 Å². The molecule has 0 aliphatic rings. The maximum absolute atomic E-state index is 12.2. The molecule has 0 aromatic heterocycles. The van der Waals surface area contributed by atoms with E-state index in [0.29, 0.717) is 23.6 Å². The van der Waals surface area contributed by atoms with Crippen molar-refractivity contribution in [3.63, 3.8) is 0 Å². The third kappa shape index (κ3) is 3.43. The summed E-state index contributed by atoms with van der Waals surface area (Å²) < 4.78 is 0. The van der Waals surface area contributed by atoms with Gasteiger partial charge in [0.05, 0.1) is 0 Å². The molecule has 0 fully saturated rings. The molecule has 3 heteroatoms. The number of rotatable bonds is 4. The highest BCUT2D eigenvalue weighted by Gasteiger charge is 2.09. The third-order valence-electron chi connectivity index (χ3n) is 3.07. The molecule has 0 bridgehead atoms. The maximum Gasteiger partial charge on any atom is 0.167 e. The van der Waals surface area contributed by atoms with Gasteiger partial charge in [-0.3, -0.25) is 4.79 Å². The average Bonchev–Trinajstić information content (AvgIpc) is 2.42. The summed E-state index contributed by atoms with van der Waals surface area (Å²) in [6, 6.07) is 13.1. The zero-order valence-corrected chi connectivity index (χ0v) is 11.6. The van der Waals surface area contributed by atoms with Gasteiger partial charge in [-0.25, -0.2) is 0 Å². The molecular weight excluding hydrogens is 258 g/mol. The molecule has 0 saturated heterocycles. The summed E-state index contributed by atoms with van der Waals surface area (Å²) >= 11 is 6.14. The van der Waals surface area contributed by atoms with Crippen LogP contribution in [0.25, 0.3) is 0 Å². The van der Waals surface area contributed by atoms with Crippen LogP contribution in [0.2, 0.25) is 5.02 Å². The molecule has 0 amide bonds. The average molecular weight is 274 g/mol. The first-order valence-corrected chi connectivity index (χ1v) is 6.55. The van der Waals surface area contributed by atoms with Crippen LogP contribution < -0.4 is 5.73 Å². The number of benzene rings is 2. The molecule has 0 saturated carbocycles. The molecule has 0 aliphatic heterocycles. The highest BCUT2D eigenvalue weighted by Crippen LogP contribution is 2.19. The first-order valence-electron chi connectivity index (χ1n) is 6.17. The van der Waals surface area contributed by atoms with Gasteiger partial charge in [0.25, 0.3) is 0 Å². The van der Waals surface area contributed by atoms with Crippen LogP contribution in [-0.4, -0.2) is 5.78 Å². The molecule has 2 nitrogen and oxygen atoms in total. The second-order valence-corrected chi connectivity index (χ2v) is 5.00. The van der Waals surface area contributed by atoms with Gasteiger partial charge < -0.3 is 5.73 Å². The minimum Gasteiger partial charge on any atom is -0.326 e. The van der Waals surface area contributed by atoms with E-state index in [4.69, 9.17) is 17.3 Å². The number of hydrogen-bond acceptors (Lipinski definition) is 2. The van der Waals surface area contributed by atoms with Crippen molar-refractivity contribution in [3.05, 3.63) is 69.7 Å². The van der Waals surface area contributed by atoms with Crippen molar-refractivity contribution >= 4 is 17.4 Å². The summed E-state index contributed by atoms with van der Waals surface area (Å²) in [6.45, 7) is 2.46. The molecule has 0 unspecified atom stereocenters. The zero-order chi connectivity index (χ0) is 13.8. The molecule has 0 spiro atoms. The number of hydrogen-bond donors (Lipinski definition) is 1. The summed E-state index contributed by atoms with van der Waals surface area (Å²) in [6.07, 6.45) is 0.321. The van der Waals surface area contributed by atoms with Crippen LogP contribution in [0.4, 0.5) is 0 Å². The lowest BCUT2D eigenvalue weighted by Crippen LogP contribution is -2.05. The normalized spacial score (nSPS) is 10.5. The standard InChI is InChI=1S/C16H16ClNO/c1-11-2-5-14(15(17)8-11)9-16(19)13-6-3-12(10-18)4-7-13/h2-8H,9-10,18H2,1H3. The number of nitrogens with two attached hydrogens (primary N) is 1. The second-order valence-electron chi connectivity index (χ2n) is 4.60. The van der Waals surface area contributed by atoms with Crippen molar-refractivity contribution in [1.82, 2.24) is 0 Å². The van der Waals surface area contributed by atoms with Crippen molar-refractivity contribution < 1.29 is 4.79 Å². The van der Waals surface area contributed by atoms with Gasteiger partial charge in [0.15, 0.2) is 5.78 Å². The predicted molar refractivity (Wildman–Crippen MR) is 78.6 cm³/mol. The van der Waals surface area contributed by atoms with E-state index >= 15 is 0 Å². The lowest BCUT2D eigenvalue weighted by molar-refractivity contribution is 0.0993. The predicted octanol–water partition coefficient (Wildman–Crippen LogP) is 3.53. The zero-order valence-electron chi connectivity index (χ0n) is 10.8. The Bertz CT molecular complexity index is 590. The fourth-order valence-electron chi connectivity index (χ4n) is 1.90. The van der Waals surface area contributed by atoms with Crippen LogP contribution in [0.1, 0.15) is 27.0 Å². The van der Waals surface area contributed by atoms with Gasteiger partial charge in [-0.05, 0) is 29.7 Å². The summed E-state index contributed by atoms with van der Waals surface area (Å²) in [5.74, 6) is 0.0642. The molecule has 2 N–H and O–H groups in total. The molecular formula is C16H16ClNO. The largest absolute Gasteiger partial charge is 0.326 e. The van der Waals surface area contributed by atoms with E-state index in [-0.39, 0.29) is 5.78 Å². The molecule has 19 heavy (non-hydrogen) atoms. The lowest BCUT2D eigenvalue weighted by atomic mass is 10.0. The van der Waals surface area contributed by atoms with E-state index in [1.165, 1.54) is 0 Å². The second kappa shape index (κ2) is 6.00. The molecule has 0 radical (unpaired) electrons. The number of aryl methyl sites for hydroxylation is 1. The molecule has 2 rings (SSSR count). The van der Waals surface area contributed by atoms with Crippen LogP contribution in [-0.2, 0) is 13.0 Å². The third-order valence-corrected chi connectivity index (χ3v) is 3.42. The summed E-state index contributed by atoms with van der Waals surface area (Å²) in [5.41, 5.74) is 9.19. The monoisotopic (exact) mass is 273 g/mol. The van der Waals surface area contributed by atoms with Crippen LogP contribution in [0.5, 0.6) is 0 Å². The molecule has 2 aromatic carbocycles. The van der Waals surface area contributed by atoms with Gasteiger partial charge in [0.2, 0.25) is 0 Å². The fraction of sp³-hybridized carbons (Fsp3) is 0.188. The van der Waals surface area contributed by atoms with Crippen LogP contribution in [0.15, 0.2) is 42.5 Å². The Hall–Kier alpha value is -1.64. The quantitative estimate of drug-likeness (QED) is 0.866. The number of Topliss-reactive ketones (excluding diaryl/α,β-unsaturated/α-hetero) is 1. The molecule has 98 valence electrons. The Balaban J connectivity index is 2.15. The number of carbonyl (C=O) groups excluding carboxylic acids is 1. The Morgan fingerprint density at radius 2 is 1.84 bits per heavy atom. The lowest BCUT2D eigenvalue weighted by Gasteiger charge is -2.05. The topological polar surface area (TPSA) is 43.1 Å². The SMILES string of the molecule is Cc1ccc(CC(=O)c2ccc(CN)cc2)c(Cl)c1. The van der Waals surface area contributed by atoms with Gasteiger partial charge in [0, 0.05) is 23.6 Å². The van der Waals surface area contributed by atoms with Crippen LogP contribution in [0.3, 0.4) is 0 Å². The van der Waals surface area contributed by atoms with Gasteiger partial charge in [-0.1, -0.05) is 48.0 Å². The van der Waals surface area contributed by atoms with E-state index < -0.39 is 0 Å². The van der Waals surface area contributed by atoms with Gasteiger partial charge >= 0.3 is 0 Å². The van der Waals surface area contributed by atoms with Crippen molar-refractivity contribution in [2.45, 2.75) is 19.9 Å². The number of halogens is 1. The first-order chi connectivity index (χ1) is 9.10. The van der Waals surface area contributed by atoms with Crippen LogP contribution in [0, 0.1) is 6.92 Å². The molecule has 2 aromatic rings. The minimum absolute atomic E-state index is 0.0642. The Morgan fingerprint density at radius 1 is 1.16 bits per heavy atom. The number of ketones is 1.